The summed E-state index contributed by atoms with van der Waals surface area (Å²) in [5.74, 6) is 1.05. The van der Waals surface area contributed by atoms with E-state index >= 15 is 0 Å². The zero-order valence-corrected chi connectivity index (χ0v) is 17.0. The highest BCUT2D eigenvalue weighted by molar-refractivity contribution is 7.10. The SMILES string of the molecule is COc1ccc(-c2cc(C(=O)NCC(c3cccs3)N3CCOCC3)no2)cc1. The Morgan fingerprint density at radius 3 is 2.76 bits per heavy atom. The van der Waals surface area contributed by atoms with Crippen molar-refractivity contribution in [2.45, 2.75) is 6.04 Å². The van der Waals surface area contributed by atoms with E-state index in [9.17, 15) is 4.79 Å². The van der Waals surface area contributed by atoms with Crippen molar-refractivity contribution in [2.75, 3.05) is 40.0 Å². The fourth-order valence-electron chi connectivity index (χ4n) is 3.33. The van der Waals surface area contributed by atoms with E-state index in [1.807, 2.05) is 30.3 Å². The van der Waals surface area contributed by atoms with E-state index in [4.69, 9.17) is 14.0 Å². The van der Waals surface area contributed by atoms with Crippen LogP contribution in [-0.4, -0.2) is 55.9 Å². The zero-order valence-electron chi connectivity index (χ0n) is 16.2. The summed E-state index contributed by atoms with van der Waals surface area (Å²) in [6, 6.07) is 13.3. The summed E-state index contributed by atoms with van der Waals surface area (Å²) >= 11 is 1.70. The van der Waals surface area contributed by atoms with Crippen molar-refractivity contribution >= 4 is 17.2 Å². The molecule has 3 heterocycles. The van der Waals surface area contributed by atoms with Crippen molar-refractivity contribution in [1.82, 2.24) is 15.4 Å². The summed E-state index contributed by atoms with van der Waals surface area (Å²) in [6.45, 7) is 3.63. The molecule has 1 aromatic carbocycles. The lowest BCUT2D eigenvalue weighted by Crippen LogP contribution is -2.43. The molecule has 7 nitrogen and oxygen atoms in total. The monoisotopic (exact) mass is 413 g/mol. The van der Waals surface area contributed by atoms with E-state index in [-0.39, 0.29) is 17.6 Å². The summed E-state index contributed by atoms with van der Waals surface area (Å²) in [4.78, 5) is 16.2. The smallest absolute Gasteiger partial charge is 0.273 e. The van der Waals surface area contributed by atoms with Gasteiger partial charge in [0.25, 0.3) is 5.91 Å². The van der Waals surface area contributed by atoms with E-state index in [0.717, 1.165) is 24.4 Å². The Morgan fingerprint density at radius 2 is 2.07 bits per heavy atom. The molecule has 0 spiro atoms. The molecule has 1 aliphatic rings. The van der Waals surface area contributed by atoms with Crippen LogP contribution in [0, 0.1) is 0 Å². The van der Waals surface area contributed by atoms with Crippen LogP contribution in [0.3, 0.4) is 0 Å². The molecule has 0 aliphatic carbocycles. The van der Waals surface area contributed by atoms with Crippen molar-refractivity contribution in [3.05, 3.63) is 58.4 Å². The Hall–Kier alpha value is -2.68. The van der Waals surface area contributed by atoms with E-state index in [1.54, 1.807) is 24.5 Å². The van der Waals surface area contributed by atoms with Gasteiger partial charge in [0, 0.05) is 36.1 Å². The van der Waals surface area contributed by atoms with Crippen molar-refractivity contribution in [1.29, 1.82) is 0 Å². The molecule has 29 heavy (non-hydrogen) atoms. The first-order valence-corrected chi connectivity index (χ1v) is 10.4. The minimum atomic E-state index is -0.247. The fourth-order valence-corrected chi connectivity index (χ4v) is 4.19. The Balaban J connectivity index is 1.42. The minimum Gasteiger partial charge on any atom is -0.497 e. The van der Waals surface area contributed by atoms with Crippen LogP contribution in [0.1, 0.15) is 21.4 Å². The second-order valence-electron chi connectivity index (χ2n) is 6.69. The third-order valence-corrected chi connectivity index (χ3v) is 5.90. The van der Waals surface area contributed by atoms with Crippen molar-refractivity contribution in [3.8, 4) is 17.1 Å². The summed E-state index contributed by atoms with van der Waals surface area (Å²) < 4.78 is 16.0. The number of thiophene rings is 1. The maximum atomic E-state index is 12.7. The fraction of sp³-hybridized carbons (Fsp3) is 0.333. The van der Waals surface area contributed by atoms with Gasteiger partial charge >= 0.3 is 0 Å². The third kappa shape index (κ3) is 4.67. The molecule has 0 radical (unpaired) electrons. The lowest BCUT2D eigenvalue weighted by molar-refractivity contribution is 0.0169. The molecule has 1 fully saturated rings. The molecule has 0 saturated carbocycles. The number of rotatable bonds is 7. The number of ether oxygens (including phenoxy) is 2. The maximum Gasteiger partial charge on any atom is 0.273 e. The van der Waals surface area contributed by atoms with Crippen LogP contribution in [0.4, 0.5) is 0 Å². The quantitative estimate of drug-likeness (QED) is 0.641. The second kappa shape index (κ2) is 9.21. The summed E-state index contributed by atoms with van der Waals surface area (Å²) in [6.07, 6.45) is 0. The summed E-state index contributed by atoms with van der Waals surface area (Å²) in [5.41, 5.74) is 1.10. The molecule has 152 valence electrons. The lowest BCUT2D eigenvalue weighted by Gasteiger charge is -2.34. The number of nitrogens with zero attached hydrogens (tertiary/aromatic N) is 2. The van der Waals surface area contributed by atoms with Gasteiger partial charge in [-0.25, -0.2) is 0 Å². The van der Waals surface area contributed by atoms with E-state index in [1.165, 1.54) is 4.88 Å². The normalized spacial score (nSPS) is 15.8. The van der Waals surface area contributed by atoms with Crippen LogP contribution in [0.5, 0.6) is 5.75 Å². The van der Waals surface area contributed by atoms with Crippen LogP contribution in [-0.2, 0) is 4.74 Å². The van der Waals surface area contributed by atoms with E-state index in [0.29, 0.717) is 25.5 Å². The van der Waals surface area contributed by atoms with Gasteiger partial charge in [0.15, 0.2) is 11.5 Å². The Labute approximate surface area is 173 Å². The standard InChI is InChI=1S/C21H23N3O4S/c1-26-16-6-4-15(5-7-16)19-13-17(23-28-19)21(25)22-14-18(20-3-2-12-29-20)24-8-10-27-11-9-24/h2-7,12-13,18H,8-11,14H2,1H3,(H,22,25). The Morgan fingerprint density at radius 1 is 1.28 bits per heavy atom. The summed E-state index contributed by atoms with van der Waals surface area (Å²) in [7, 11) is 1.62. The molecule has 1 amide bonds. The average Bonchev–Trinajstić information content (AvgIpc) is 3.47. The molecular weight excluding hydrogens is 390 g/mol. The topological polar surface area (TPSA) is 76.8 Å². The van der Waals surface area contributed by atoms with Gasteiger partial charge in [-0.15, -0.1) is 11.3 Å². The number of hydrogen-bond acceptors (Lipinski definition) is 7. The lowest BCUT2D eigenvalue weighted by atomic mass is 10.1. The number of methoxy groups -OCH3 is 1. The highest BCUT2D eigenvalue weighted by Gasteiger charge is 2.24. The van der Waals surface area contributed by atoms with Gasteiger partial charge in [-0.3, -0.25) is 9.69 Å². The second-order valence-corrected chi connectivity index (χ2v) is 7.67. The number of carbonyl (C=O) groups excluding carboxylic acids is 1. The van der Waals surface area contributed by atoms with Crippen molar-refractivity contribution in [2.24, 2.45) is 0 Å². The first-order chi connectivity index (χ1) is 14.2. The van der Waals surface area contributed by atoms with E-state index < -0.39 is 0 Å². The molecule has 4 rings (SSSR count). The molecule has 1 aliphatic heterocycles. The first kappa shape index (κ1) is 19.6. The van der Waals surface area contributed by atoms with Crippen LogP contribution < -0.4 is 10.1 Å². The number of morpholine rings is 1. The predicted molar refractivity (Wildman–Crippen MR) is 110 cm³/mol. The number of benzene rings is 1. The van der Waals surface area contributed by atoms with E-state index in [2.05, 4.69) is 26.8 Å². The largest absolute Gasteiger partial charge is 0.497 e. The highest BCUT2D eigenvalue weighted by Crippen LogP contribution is 2.26. The number of nitrogens with one attached hydrogen (secondary N) is 1. The minimum absolute atomic E-state index is 0.121. The number of hydrogen-bond donors (Lipinski definition) is 1. The van der Waals surface area contributed by atoms with Gasteiger partial charge in [0.1, 0.15) is 5.75 Å². The van der Waals surface area contributed by atoms with Gasteiger partial charge < -0.3 is 19.3 Å². The average molecular weight is 413 g/mol. The van der Waals surface area contributed by atoms with Crippen LogP contribution in [0.25, 0.3) is 11.3 Å². The Bertz CT molecular complexity index is 918. The Kier molecular flexibility index (Phi) is 6.24. The molecule has 3 aromatic rings. The molecule has 1 saturated heterocycles. The van der Waals surface area contributed by atoms with Gasteiger partial charge in [0.05, 0.1) is 26.4 Å². The van der Waals surface area contributed by atoms with Crippen molar-refractivity contribution < 1.29 is 18.8 Å². The zero-order chi connectivity index (χ0) is 20.1. The molecule has 8 heteroatoms. The van der Waals surface area contributed by atoms with Gasteiger partial charge in [-0.2, -0.15) is 0 Å². The van der Waals surface area contributed by atoms with Gasteiger partial charge in [-0.05, 0) is 35.7 Å². The highest BCUT2D eigenvalue weighted by atomic mass is 32.1. The molecule has 1 atom stereocenters. The molecular formula is C21H23N3O4S. The van der Waals surface area contributed by atoms with Crippen LogP contribution >= 0.6 is 11.3 Å². The van der Waals surface area contributed by atoms with Crippen LogP contribution in [0.15, 0.2) is 52.4 Å². The number of aromatic nitrogens is 1. The third-order valence-electron chi connectivity index (χ3n) is 4.93. The maximum absolute atomic E-state index is 12.7. The number of amides is 1. The van der Waals surface area contributed by atoms with Gasteiger partial charge in [0.2, 0.25) is 0 Å². The van der Waals surface area contributed by atoms with Crippen LogP contribution in [0.2, 0.25) is 0 Å². The molecule has 1 N–H and O–H groups in total. The first-order valence-electron chi connectivity index (χ1n) is 9.49. The number of carbonyl (C=O) groups is 1. The predicted octanol–water partition coefficient (Wildman–Crippen LogP) is 3.22. The van der Waals surface area contributed by atoms with Gasteiger partial charge in [-0.1, -0.05) is 11.2 Å². The molecule has 1 unspecified atom stereocenters. The molecule has 2 aromatic heterocycles. The summed E-state index contributed by atoms with van der Waals surface area (Å²) in [5, 5.41) is 9.01. The molecule has 0 bridgehead atoms. The van der Waals surface area contributed by atoms with Crippen molar-refractivity contribution in [3.63, 3.8) is 0 Å².